The molecule has 0 aliphatic heterocycles. The predicted molar refractivity (Wildman–Crippen MR) is 67.0 cm³/mol. The lowest BCUT2D eigenvalue weighted by Gasteiger charge is -2.07. The molecule has 6 heteroatoms. The molecule has 18 heavy (non-hydrogen) atoms. The third kappa shape index (κ3) is 2.53. The van der Waals surface area contributed by atoms with Crippen molar-refractivity contribution in [3.8, 4) is 5.75 Å². The van der Waals surface area contributed by atoms with E-state index in [4.69, 9.17) is 4.74 Å². The lowest BCUT2D eigenvalue weighted by molar-refractivity contribution is 0.317. The molecule has 0 atom stereocenters. The number of benzene rings is 1. The van der Waals surface area contributed by atoms with Crippen LogP contribution >= 0.6 is 0 Å². The molecule has 5 nitrogen and oxygen atoms in total. The van der Waals surface area contributed by atoms with Crippen LogP contribution in [0.4, 0.5) is 0 Å². The maximum Gasteiger partial charge on any atom is 0.268 e. The molecule has 0 aliphatic carbocycles. The zero-order valence-electron chi connectivity index (χ0n) is 9.98. The van der Waals surface area contributed by atoms with Gasteiger partial charge in [-0.15, -0.1) is 0 Å². The van der Waals surface area contributed by atoms with Gasteiger partial charge in [0.1, 0.15) is 12.1 Å². The van der Waals surface area contributed by atoms with Gasteiger partial charge >= 0.3 is 0 Å². The van der Waals surface area contributed by atoms with Gasteiger partial charge in [0.25, 0.3) is 10.0 Å². The number of nitrogens with zero attached hydrogens (tertiary/aromatic N) is 2. The number of ether oxygens (including phenoxy) is 1. The van der Waals surface area contributed by atoms with Gasteiger partial charge < -0.3 is 4.74 Å². The van der Waals surface area contributed by atoms with Gasteiger partial charge in [-0.2, -0.15) is 0 Å². The first kappa shape index (κ1) is 12.6. The van der Waals surface area contributed by atoms with Crippen molar-refractivity contribution in [3.05, 3.63) is 43.0 Å². The van der Waals surface area contributed by atoms with Crippen LogP contribution in [0.1, 0.15) is 13.3 Å². The molecule has 1 heterocycles. The van der Waals surface area contributed by atoms with Crippen LogP contribution in [0.15, 0.2) is 47.9 Å². The largest absolute Gasteiger partial charge is 0.494 e. The standard InChI is InChI=1S/C12H14N2O3S/c1-2-9-17-11-3-5-12(6-4-11)18(15,16)14-8-7-13-10-14/h3-8,10H,2,9H2,1H3. The van der Waals surface area contributed by atoms with E-state index < -0.39 is 10.0 Å². The summed E-state index contributed by atoms with van der Waals surface area (Å²) >= 11 is 0. The Balaban J connectivity index is 2.25. The van der Waals surface area contributed by atoms with Crippen molar-refractivity contribution in [2.24, 2.45) is 0 Å². The minimum Gasteiger partial charge on any atom is -0.494 e. The minimum absolute atomic E-state index is 0.212. The lowest BCUT2D eigenvalue weighted by atomic mass is 10.3. The van der Waals surface area contributed by atoms with Gasteiger partial charge in [0.15, 0.2) is 0 Å². The monoisotopic (exact) mass is 266 g/mol. The quantitative estimate of drug-likeness (QED) is 0.829. The van der Waals surface area contributed by atoms with E-state index in [2.05, 4.69) is 4.98 Å². The minimum atomic E-state index is -3.53. The SMILES string of the molecule is CCCOc1ccc(S(=O)(=O)n2ccnc2)cc1. The molecule has 0 saturated carbocycles. The second-order valence-corrected chi connectivity index (χ2v) is 5.56. The lowest BCUT2D eigenvalue weighted by Crippen LogP contribution is -2.10. The maximum atomic E-state index is 12.1. The fraction of sp³-hybridized carbons (Fsp3) is 0.250. The second-order valence-electron chi connectivity index (χ2n) is 3.72. The first-order chi connectivity index (χ1) is 8.64. The van der Waals surface area contributed by atoms with Crippen LogP contribution in [0, 0.1) is 0 Å². The van der Waals surface area contributed by atoms with Crippen molar-refractivity contribution in [2.75, 3.05) is 6.61 Å². The fourth-order valence-corrected chi connectivity index (χ4v) is 2.56. The maximum absolute atomic E-state index is 12.1. The van der Waals surface area contributed by atoms with Gasteiger partial charge in [-0.05, 0) is 30.7 Å². The van der Waals surface area contributed by atoms with Gasteiger partial charge in [0.05, 0.1) is 11.5 Å². The molecular formula is C12H14N2O3S. The van der Waals surface area contributed by atoms with Crippen molar-refractivity contribution >= 4 is 10.0 Å². The highest BCUT2D eigenvalue weighted by Gasteiger charge is 2.15. The molecular weight excluding hydrogens is 252 g/mol. The predicted octanol–water partition coefficient (Wildman–Crippen LogP) is 1.91. The summed E-state index contributed by atoms with van der Waals surface area (Å²) in [6.07, 6.45) is 5.00. The van der Waals surface area contributed by atoms with E-state index in [0.717, 1.165) is 10.4 Å². The van der Waals surface area contributed by atoms with Crippen LogP contribution in [0.3, 0.4) is 0 Å². The first-order valence-electron chi connectivity index (χ1n) is 5.61. The van der Waals surface area contributed by atoms with Crippen molar-refractivity contribution in [1.82, 2.24) is 8.96 Å². The molecule has 0 saturated heterocycles. The summed E-state index contributed by atoms with van der Waals surface area (Å²) in [5.74, 6) is 0.668. The highest BCUT2D eigenvalue weighted by molar-refractivity contribution is 7.90. The van der Waals surface area contributed by atoms with E-state index in [-0.39, 0.29) is 4.90 Å². The summed E-state index contributed by atoms with van der Waals surface area (Å²) in [5.41, 5.74) is 0. The summed E-state index contributed by atoms with van der Waals surface area (Å²) in [6, 6.07) is 6.36. The van der Waals surface area contributed by atoms with Crippen LogP contribution in [0.2, 0.25) is 0 Å². The molecule has 0 aliphatic rings. The molecule has 96 valence electrons. The summed E-state index contributed by atoms with van der Waals surface area (Å²) in [7, 11) is -3.53. The number of hydrogen-bond donors (Lipinski definition) is 0. The average molecular weight is 266 g/mol. The number of hydrogen-bond acceptors (Lipinski definition) is 4. The number of rotatable bonds is 5. The highest BCUT2D eigenvalue weighted by Crippen LogP contribution is 2.18. The Labute approximate surface area is 106 Å². The van der Waals surface area contributed by atoms with Crippen LogP contribution < -0.4 is 4.74 Å². The number of imidazole rings is 1. The molecule has 0 bridgehead atoms. The molecule has 0 N–H and O–H groups in total. The second kappa shape index (κ2) is 5.22. The fourth-order valence-electron chi connectivity index (χ4n) is 1.44. The molecule has 2 aromatic rings. The Hall–Kier alpha value is -1.82. The van der Waals surface area contributed by atoms with Crippen molar-refractivity contribution < 1.29 is 13.2 Å². The number of aromatic nitrogens is 2. The Morgan fingerprint density at radius 1 is 1.28 bits per heavy atom. The molecule has 2 rings (SSSR count). The average Bonchev–Trinajstić information content (AvgIpc) is 2.91. The molecule has 0 unspecified atom stereocenters. The Bertz CT molecular complexity index is 589. The van der Waals surface area contributed by atoms with Crippen LogP contribution in [-0.2, 0) is 10.0 Å². The molecule has 0 amide bonds. The summed E-state index contributed by atoms with van der Waals surface area (Å²) in [5, 5.41) is 0. The summed E-state index contributed by atoms with van der Waals surface area (Å²) in [4.78, 5) is 3.94. The summed E-state index contributed by atoms with van der Waals surface area (Å²) < 4.78 is 30.7. The van der Waals surface area contributed by atoms with E-state index in [1.54, 1.807) is 12.1 Å². The molecule has 0 radical (unpaired) electrons. The Kier molecular flexibility index (Phi) is 3.66. The van der Waals surface area contributed by atoms with Gasteiger partial charge in [-0.25, -0.2) is 17.4 Å². The molecule has 0 fully saturated rings. The molecule has 1 aromatic carbocycles. The normalized spacial score (nSPS) is 11.4. The smallest absolute Gasteiger partial charge is 0.268 e. The highest BCUT2D eigenvalue weighted by atomic mass is 32.2. The van der Waals surface area contributed by atoms with Gasteiger partial charge in [-0.3, -0.25) is 0 Å². The van der Waals surface area contributed by atoms with Crippen LogP contribution in [0.5, 0.6) is 5.75 Å². The van der Waals surface area contributed by atoms with Gasteiger partial charge in [0, 0.05) is 12.4 Å². The zero-order valence-corrected chi connectivity index (χ0v) is 10.8. The third-order valence-electron chi connectivity index (χ3n) is 2.35. The van der Waals surface area contributed by atoms with Gasteiger partial charge in [-0.1, -0.05) is 6.92 Å². The van der Waals surface area contributed by atoms with E-state index in [9.17, 15) is 8.42 Å². The van der Waals surface area contributed by atoms with Crippen LogP contribution in [-0.4, -0.2) is 24.0 Å². The van der Waals surface area contributed by atoms with E-state index in [1.165, 1.54) is 30.9 Å². The van der Waals surface area contributed by atoms with E-state index >= 15 is 0 Å². The van der Waals surface area contributed by atoms with Crippen molar-refractivity contribution in [3.63, 3.8) is 0 Å². The summed E-state index contributed by atoms with van der Waals surface area (Å²) in [6.45, 7) is 2.63. The Morgan fingerprint density at radius 3 is 2.56 bits per heavy atom. The topological polar surface area (TPSA) is 61.2 Å². The Morgan fingerprint density at radius 2 is 2.00 bits per heavy atom. The molecule has 0 spiro atoms. The van der Waals surface area contributed by atoms with E-state index in [1.807, 2.05) is 6.92 Å². The van der Waals surface area contributed by atoms with Crippen molar-refractivity contribution in [2.45, 2.75) is 18.2 Å². The third-order valence-corrected chi connectivity index (χ3v) is 3.99. The van der Waals surface area contributed by atoms with Crippen LogP contribution in [0.25, 0.3) is 0 Å². The molecule has 1 aromatic heterocycles. The van der Waals surface area contributed by atoms with E-state index in [0.29, 0.717) is 12.4 Å². The van der Waals surface area contributed by atoms with Gasteiger partial charge in [0.2, 0.25) is 0 Å². The first-order valence-corrected chi connectivity index (χ1v) is 7.05. The zero-order chi connectivity index (χ0) is 13.0. The van der Waals surface area contributed by atoms with Crippen molar-refractivity contribution in [1.29, 1.82) is 0 Å².